The number of nitrogens with one attached hydrogen (secondary N) is 1. The minimum absolute atomic E-state index is 0.558. The lowest BCUT2D eigenvalue weighted by Gasteiger charge is -2.10. The van der Waals surface area contributed by atoms with E-state index in [4.69, 9.17) is 9.47 Å². The number of hydrogen-bond acceptors (Lipinski definition) is 5. The largest absolute Gasteiger partial charge is 0.481 e. The van der Waals surface area contributed by atoms with E-state index in [1.165, 1.54) is 11.9 Å². The van der Waals surface area contributed by atoms with Crippen molar-refractivity contribution in [2.45, 2.75) is 19.9 Å². The molecule has 2 aromatic rings. The molecule has 5 heteroatoms. The van der Waals surface area contributed by atoms with Gasteiger partial charge in [0.15, 0.2) is 0 Å². The van der Waals surface area contributed by atoms with Crippen molar-refractivity contribution in [2.24, 2.45) is 0 Å². The summed E-state index contributed by atoms with van der Waals surface area (Å²) in [4.78, 5) is 8.14. The van der Waals surface area contributed by atoms with Gasteiger partial charge < -0.3 is 14.8 Å². The van der Waals surface area contributed by atoms with Gasteiger partial charge in [-0.15, -0.1) is 0 Å². The molecule has 0 aliphatic carbocycles. The third-order valence-corrected chi connectivity index (χ3v) is 3.09. The molecule has 0 spiro atoms. The van der Waals surface area contributed by atoms with E-state index in [0.29, 0.717) is 18.4 Å². The van der Waals surface area contributed by atoms with Crippen LogP contribution in [0.2, 0.25) is 0 Å². The topological polar surface area (TPSA) is 56.3 Å². The molecule has 2 rings (SSSR count). The van der Waals surface area contributed by atoms with Crippen LogP contribution in [0.1, 0.15) is 17.5 Å². The van der Waals surface area contributed by atoms with Crippen LogP contribution in [-0.4, -0.2) is 30.2 Å². The van der Waals surface area contributed by atoms with Crippen LogP contribution in [0.5, 0.6) is 11.8 Å². The lowest BCUT2D eigenvalue weighted by Crippen LogP contribution is -2.17. The van der Waals surface area contributed by atoms with E-state index in [2.05, 4.69) is 27.4 Å². The molecule has 0 amide bonds. The first kappa shape index (κ1) is 15.3. The zero-order chi connectivity index (χ0) is 14.9. The Morgan fingerprint density at radius 1 is 1.10 bits per heavy atom. The summed E-state index contributed by atoms with van der Waals surface area (Å²) in [6.07, 6.45) is 2.37. The maximum Gasteiger partial charge on any atom is 0.223 e. The van der Waals surface area contributed by atoms with Crippen LogP contribution in [0.25, 0.3) is 0 Å². The first-order valence-corrected chi connectivity index (χ1v) is 7.04. The predicted molar refractivity (Wildman–Crippen MR) is 81.6 cm³/mol. The van der Waals surface area contributed by atoms with Crippen molar-refractivity contribution in [1.29, 1.82) is 0 Å². The highest BCUT2D eigenvalue weighted by Crippen LogP contribution is 2.21. The molecule has 21 heavy (non-hydrogen) atoms. The molecule has 5 nitrogen and oxygen atoms in total. The Hall–Kier alpha value is -2.14. The maximum atomic E-state index is 5.66. The van der Waals surface area contributed by atoms with Crippen LogP contribution in [0.15, 0.2) is 36.7 Å². The van der Waals surface area contributed by atoms with E-state index in [9.17, 15) is 0 Å². The fourth-order valence-electron chi connectivity index (χ4n) is 1.96. The Labute approximate surface area is 125 Å². The monoisotopic (exact) mass is 287 g/mol. The molecule has 1 N–H and O–H groups in total. The molecule has 112 valence electrons. The molecule has 0 aliphatic heterocycles. The summed E-state index contributed by atoms with van der Waals surface area (Å²) in [5.74, 6) is 1.15. The zero-order valence-corrected chi connectivity index (χ0v) is 12.5. The summed E-state index contributed by atoms with van der Waals surface area (Å²) in [6.45, 7) is 4.28. The third kappa shape index (κ3) is 4.72. The van der Waals surface area contributed by atoms with Gasteiger partial charge in [0, 0.05) is 6.54 Å². The lowest BCUT2D eigenvalue weighted by atomic mass is 10.2. The molecule has 1 aromatic carbocycles. The summed E-state index contributed by atoms with van der Waals surface area (Å²) < 4.78 is 10.8. The highest BCUT2D eigenvalue weighted by Gasteiger charge is 2.07. The van der Waals surface area contributed by atoms with Crippen molar-refractivity contribution in [2.75, 3.05) is 20.3 Å². The van der Waals surface area contributed by atoms with Crippen LogP contribution in [0.4, 0.5) is 0 Å². The molecule has 0 bridgehead atoms. The normalized spacial score (nSPS) is 10.4. The third-order valence-electron chi connectivity index (χ3n) is 3.09. The van der Waals surface area contributed by atoms with Crippen molar-refractivity contribution >= 4 is 0 Å². The quantitative estimate of drug-likeness (QED) is 0.755. The van der Waals surface area contributed by atoms with Gasteiger partial charge in [0.1, 0.15) is 6.33 Å². The molecule has 0 saturated heterocycles. The van der Waals surface area contributed by atoms with Crippen molar-refractivity contribution in [1.82, 2.24) is 15.3 Å². The second kappa shape index (κ2) is 8.21. The van der Waals surface area contributed by atoms with Gasteiger partial charge in [0.05, 0.1) is 19.3 Å². The molecule has 0 aliphatic rings. The van der Waals surface area contributed by atoms with E-state index < -0.39 is 0 Å². The minimum atomic E-state index is 0.558. The van der Waals surface area contributed by atoms with Crippen LogP contribution < -0.4 is 14.8 Å². The van der Waals surface area contributed by atoms with Gasteiger partial charge in [-0.2, -0.15) is 0 Å². The van der Waals surface area contributed by atoms with E-state index in [1.54, 1.807) is 7.11 Å². The fraction of sp³-hybridized carbons (Fsp3) is 0.375. The minimum Gasteiger partial charge on any atom is -0.481 e. The van der Waals surface area contributed by atoms with Crippen LogP contribution in [0, 0.1) is 6.92 Å². The molecule has 0 saturated carbocycles. The van der Waals surface area contributed by atoms with Gasteiger partial charge in [0.25, 0.3) is 0 Å². The van der Waals surface area contributed by atoms with Crippen LogP contribution in [0.3, 0.4) is 0 Å². The first-order valence-electron chi connectivity index (χ1n) is 7.04. The van der Waals surface area contributed by atoms with Crippen LogP contribution in [-0.2, 0) is 6.54 Å². The highest BCUT2D eigenvalue weighted by atomic mass is 16.5. The van der Waals surface area contributed by atoms with Crippen molar-refractivity contribution in [3.63, 3.8) is 0 Å². The Bertz CT molecular complexity index is 546. The summed E-state index contributed by atoms with van der Waals surface area (Å²) in [6, 6.07) is 10.3. The molecular weight excluding hydrogens is 266 g/mol. The van der Waals surface area contributed by atoms with Crippen molar-refractivity contribution in [3.05, 3.63) is 47.8 Å². The molecule has 1 aromatic heterocycles. The molecule has 0 unspecified atom stereocenters. The molecule has 0 fully saturated rings. The maximum absolute atomic E-state index is 5.66. The highest BCUT2D eigenvalue weighted by molar-refractivity contribution is 5.32. The van der Waals surface area contributed by atoms with Gasteiger partial charge in [0.2, 0.25) is 11.8 Å². The average Bonchev–Trinajstić information content (AvgIpc) is 2.53. The van der Waals surface area contributed by atoms with Crippen LogP contribution >= 0.6 is 0 Å². The summed E-state index contributed by atoms with van der Waals surface area (Å²) >= 11 is 0. The van der Waals surface area contributed by atoms with E-state index >= 15 is 0 Å². The lowest BCUT2D eigenvalue weighted by molar-refractivity contribution is 0.289. The predicted octanol–water partition coefficient (Wildman–Crippen LogP) is 2.35. The zero-order valence-electron chi connectivity index (χ0n) is 12.5. The smallest absolute Gasteiger partial charge is 0.223 e. The Morgan fingerprint density at radius 2 is 1.86 bits per heavy atom. The Balaban J connectivity index is 1.66. The van der Waals surface area contributed by atoms with Gasteiger partial charge in [-0.1, -0.05) is 30.3 Å². The Morgan fingerprint density at radius 3 is 2.62 bits per heavy atom. The van der Waals surface area contributed by atoms with E-state index in [1.807, 2.05) is 25.1 Å². The first-order chi connectivity index (χ1) is 10.3. The average molecular weight is 287 g/mol. The molecule has 0 radical (unpaired) electrons. The molecule has 1 heterocycles. The van der Waals surface area contributed by atoms with Gasteiger partial charge in [-0.25, -0.2) is 9.97 Å². The summed E-state index contributed by atoms with van der Waals surface area (Å²) in [5.41, 5.74) is 2.12. The second-order valence-electron chi connectivity index (χ2n) is 4.68. The number of rotatable bonds is 8. The second-order valence-corrected chi connectivity index (χ2v) is 4.68. The van der Waals surface area contributed by atoms with Gasteiger partial charge in [-0.05, 0) is 25.5 Å². The number of nitrogens with zero attached hydrogens (tertiary/aromatic N) is 2. The summed E-state index contributed by atoms with van der Waals surface area (Å²) in [5, 5.41) is 3.39. The van der Waals surface area contributed by atoms with Gasteiger partial charge in [-0.3, -0.25) is 0 Å². The molecule has 0 atom stereocenters. The summed E-state index contributed by atoms with van der Waals surface area (Å²) in [7, 11) is 1.59. The van der Waals surface area contributed by atoms with Crippen molar-refractivity contribution < 1.29 is 9.47 Å². The Kier molecular flexibility index (Phi) is 5.97. The van der Waals surface area contributed by atoms with Crippen molar-refractivity contribution in [3.8, 4) is 11.8 Å². The van der Waals surface area contributed by atoms with Gasteiger partial charge >= 0.3 is 0 Å². The fourth-order valence-corrected chi connectivity index (χ4v) is 1.96. The number of ether oxygens (including phenoxy) is 2. The van der Waals surface area contributed by atoms with E-state index in [0.717, 1.165) is 25.1 Å². The number of methoxy groups -OCH3 is 1. The number of hydrogen-bond donors (Lipinski definition) is 1. The standard InChI is InChI=1S/C16H21N3O2/c1-13-15(20-2)18-12-19-16(13)21-10-6-9-17-11-14-7-4-3-5-8-14/h3-5,7-8,12,17H,6,9-11H2,1-2H3. The SMILES string of the molecule is COc1ncnc(OCCCNCc2ccccc2)c1C. The number of aromatic nitrogens is 2. The number of benzene rings is 1. The molecular formula is C16H21N3O2. The van der Waals surface area contributed by atoms with E-state index in [-0.39, 0.29) is 0 Å².